The molecule has 3 heterocycles. The largest absolute Gasteiger partial charge is 0.415 e. The van der Waals surface area contributed by atoms with Crippen LogP contribution in [0, 0.1) is 0 Å². The quantitative estimate of drug-likeness (QED) is 0.149. The summed E-state index contributed by atoms with van der Waals surface area (Å²) in [6, 6.07) is -0.269. The summed E-state index contributed by atoms with van der Waals surface area (Å²) in [6.07, 6.45) is 8.55. The SMILES string of the molecule is CCCCCCCCCCCCC[C@H](CC(=O)NC(=O)/C=C1/OC(=O)N2CCC[C@H]12)O[C@@H]1O[C@@H](C)[C@H](O)[C@@H](O)[C@H]1O. The standard InChI is InChI=1S/C30H50N2O9/c1-3-4-5-6-7-8-9-10-11-12-13-15-21(40-29-28(37)27(36)26(35)20(2)39-29)18-24(33)31-25(34)19-23-22-16-14-17-32(22)30(38)41-23/h19-22,26-29,35-37H,3-18H2,1-2H3,(H,31,33,34)/b23-19+/t20-,21+,22+,26-,27+,28+,29-/m0/s1. The zero-order chi connectivity index (χ0) is 29.8. The van der Waals surface area contributed by atoms with Gasteiger partial charge in [-0.25, -0.2) is 4.79 Å². The fourth-order valence-corrected chi connectivity index (χ4v) is 5.76. The number of rotatable bonds is 17. The first-order valence-electron chi connectivity index (χ1n) is 15.6. The Morgan fingerprint density at radius 1 is 1.00 bits per heavy atom. The van der Waals surface area contributed by atoms with Gasteiger partial charge in [0.25, 0.3) is 5.91 Å². The van der Waals surface area contributed by atoms with Crippen LogP contribution in [0.3, 0.4) is 0 Å². The van der Waals surface area contributed by atoms with Gasteiger partial charge in [-0.05, 0) is 26.2 Å². The van der Waals surface area contributed by atoms with Crippen molar-refractivity contribution in [3.05, 3.63) is 11.8 Å². The third kappa shape index (κ3) is 10.3. The number of cyclic esters (lactones) is 1. The molecular weight excluding hydrogens is 532 g/mol. The van der Waals surface area contributed by atoms with Crippen LogP contribution < -0.4 is 5.32 Å². The Bertz CT molecular complexity index is 882. The van der Waals surface area contributed by atoms with Crippen molar-refractivity contribution in [3.63, 3.8) is 0 Å². The van der Waals surface area contributed by atoms with Crippen molar-refractivity contribution in [1.82, 2.24) is 10.2 Å². The van der Waals surface area contributed by atoms with Gasteiger partial charge in [-0.1, -0.05) is 77.6 Å². The molecule has 3 fully saturated rings. The summed E-state index contributed by atoms with van der Waals surface area (Å²) in [7, 11) is 0. The molecule has 0 saturated carbocycles. The summed E-state index contributed by atoms with van der Waals surface area (Å²) in [5, 5.41) is 32.9. The fraction of sp³-hybridized carbons (Fsp3) is 0.833. The van der Waals surface area contributed by atoms with Gasteiger partial charge in [0, 0.05) is 12.6 Å². The van der Waals surface area contributed by atoms with E-state index in [4.69, 9.17) is 14.2 Å². The van der Waals surface area contributed by atoms with Crippen LogP contribution in [0.5, 0.6) is 0 Å². The number of carbonyl (C=O) groups is 3. The van der Waals surface area contributed by atoms with Crippen LogP contribution in [0.4, 0.5) is 4.79 Å². The zero-order valence-electron chi connectivity index (χ0n) is 24.7. The molecule has 4 N–H and O–H groups in total. The average Bonchev–Trinajstić information content (AvgIpc) is 3.53. The van der Waals surface area contributed by atoms with Crippen LogP contribution in [0.1, 0.15) is 110 Å². The summed E-state index contributed by atoms with van der Waals surface area (Å²) < 4.78 is 16.7. The monoisotopic (exact) mass is 582 g/mol. The summed E-state index contributed by atoms with van der Waals surface area (Å²) in [5.41, 5.74) is 0. The first-order valence-corrected chi connectivity index (χ1v) is 15.6. The number of hydrogen-bond donors (Lipinski definition) is 4. The Balaban J connectivity index is 1.47. The van der Waals surface area contributed by atoms with Crippen molar-refractivity contribution in [3.8, 4) is 0 Å². The highest BCUT2D eigenvalue weighted by atomic mass is 16.7. The molecule has 0 aromatic heterocycles. The molecule has 0 radical (unpaired) electrons. The molecule has 41 heavy (non-hydrogen) atoms. The van der Waals surface area contributed by atoms with Crippen LogP contribution in [0.15, 0.2) is 11.8 Å². The number of unbranched alkanes of at least 4 members (excludes halogenated alkanes) is 10. The molecule has 234 valence electrons. The first-order chi connectivity index (χ1) is 19.7. The third-order valence-electron chi connectivity index (χ3n) is 8.23. The summed E-state index contributed by atoms with van der Waals surface area (Å²) in [6.45, 7) is 4.37. The van der Waals surface area contributed by atoms with Crippen LogP contribution >= 0.6 is 0 Å². The summed E-state index contributed by atoms with van der Waals surface area (Å²) in [4.78, 5) is 38.8. The van der Waals surface area contributed by atoms with Gasteiger partial charge in [-0.2, -0.15) is 0 Å². The first kappa shape index (κ1) is 33.5. The van der Waals surface area contributed by atoms with Crippen LogP contribution in [-0.2, 0) is 23.8 Å². The third-order valence-corrected chi connectivity index (χ3v) is 8.23. The van der Waals surface area contributed by atoms with Gasteiger partial charge in [0.2, 0.25) is 5.91 Å². The minimum Gasteiger partial charge on any atom is -0.412 e. The van der Waals surface area contributed by atoms with E-state index in [2.05, 4.69) is 12.2 Å². The van der Waals surface area contributed by atoms with Crippen molar-refractivity contribution in [2.45, 2.75) is 153 Å². The number of nitrogens with one attached hydrogen (secondary N) is 1. The van der Waals surface area contributed by atoms with Crippen molar-refractivity contribution in [1.29, 1.82) is 0 Å². The molecule has 3 aliphatic rings. The summed E-state index contributed by atoms with van der Waals surface area (Å²) in [5.74, 6) is -1.01. The van der Waals surface area contributed by atoms with Crippen LogP contribution in [0.2, 0.25) is 0 Å². The predicted molar refractivity (Wildman–Crippen MR) is 150 cm³/mol. The van der Waals surface area contributed by atoms with E-state index in [-0.39, 0.29) is 18.2 Å². The highest BCUT2D eigenvalue weighted by Crippen LogP contribution is 2.31. The van der Waals surface area contributed by atoms with E-state index < -0.39 is 54.7 Å². The van der Waals surface area contributed by atoms with Crippen molar-refractivity contribution < 1.29 is 43.9 Å². The molecule has 0 aliphatic carbocycles. The zero-order valence-corrected chi connectivity index (χ0v) is 24.7. The van der Waals surface area contributed by atoms with Gasteiger partial charge in [-0.3, -0.25) is 19.8 Å². The number of ether oxygens (including phenoxy) is 3. The predicted octanol–water partition coefficient (Wildman–Crippen LogP) is 3.43. The summed E-state index contributed by atoms with van der Waals surface area (Å²) >= 11 is 0. The van der Waals surface area contributed by atoms with E-state index in [1.54, 1.807) is 11.8 Å². The number of nitrogens with zero attached hydrogens (tertiary/aromatic N) is 1. The molecule has 0 aromatic rings. The lowest BCUT2D eigenvalue weighted by Crippen LogP contribution is -2.58. The van der Waals surface area contributed by atoms with E-state index in [0.29, 0.717) is 19.4 Å². The molecule has 3 saturated heterocycles. The number of hydrogen-bond acceptors (Lipinski definition) is 9. The minimum atomic E-state index is -1.48. The topological polar surface area (TPSA) is 155 Å². The van der Waals surface area contributed by atoms with Gasteiger partial charge in [0.1, 0.15) is 24.1 Å². The minimum absolute atomic E-state index is 0.165. The average molecular weight is 583 g/mol. The van der Waals surface area contributed by atoms with Gasteiger partial charge in [0.05, 0.1) is 24.7 Å². The normalized spacial score (nSPS) is 29.4. The van der Waals surface area contributed by atoms with Gasteiger partial charge >= 0.3 is 6.09 Å². The number of amides is 3. The van der Waals surface area contributed by atoms with Gasteiger partial charge < -0.3 is 29.5 Å². The Morgan fingerprint density at radius 2 is 1.63 bits per heavy atom. The maximum Gasteiger partial charge on any atom is 0.415 e. The maximum atomic E-state index is 12.8. The molecule has 7 atom stereocenters. The second-order valence-corrected chi connectivity index (χ2v) is 11.6. The van der Waals surface area contributed by atoms with E-state index in [1.165, 1.54) is 44.9 Å². The van der Waals surface area contributed by atoms with Crippen molar-refractivity contribution in [2.75, 3.05) is 6.54 Å². The highest BCUT2D eigenvalue weighted by molar-refractivity contribution is 6.01. The number of fused-ring (bicyclic) bond motifs is 1. The molecule has 3 rings (SSSR count). The lowest BCUT2D eigenvalue weighted by atomic mass is 9.99. The second-order valence-electron chi connectivity index (χ2n) is 11.6. The highest BCUT2D eigenvalue weighted by Gasteiger charge is 2.44. The fourth-order valence-electron chi connectivity index (χ4n) is 5.76. The van der Waals surface area contributed by atoms with E-state index in [9.17, 15) is 29.7 Å². The van der Waals surface area contributed by atoms with Crippen molar-refractivity contribution >= 4 is 17.9 Å². The van der Waals surface area contributed by atoms with Crippen LogP contribution in [0.25, 0.3) is 0 Å². The molecule has 0 aromatic carbocycles. The number of imide groups is 1. The second kappa shape index (κ2) is 17.2. The molecule has 11 heteroatoms. The Hall–Kier alpha value is -2.05. The molecule has 0 spiro atoms. The number of aliphatic hydroxyl groups excluding tert-OH is 3. The lowest BCUT2D eigenvalue weighted by Gasteiger charge is -2.40. The van der Waals surface area contributed by atoms with Crippen molar-refractivity contribution in [2.24, 2.45) is 0 Å². The van der Waals surface area contributed by atoms with Gasteiger partial charge in [0.15, 0.2) is 6.29 Å². The van der Waals surface area contributed by atoms with E-state index in [1.807, 2.05) is 0 Å². The van der Waals surface area contributed by atoms with E-state index >= 15 is 0 Å². The van der Waals surface area contributed by atoms with Crippen LogP contribution in [-0.4, -0.2) is 87.5 Å². The lowest BCUT2D eigenvalue weighted by molar-refractivity contribution is -0.304. The number of aliphatic hydroxyl groups is 3. The number of carbonyl (C=O) groups excluding carboxylic acids is 3. The maximum absolute atomic E-state index is 12.8. The Labute approximate surface area is 243 Å². The molecule has 3 amide bonds. The van der Waals surface area contributed by atoms with Gasteiger partial charge in [-0.15, -0.1) is 0 Å². The molecule has 0 bridgehead atoms. The smallest absolute Gasteiger partial charge is 0.412 e. The Morgan fingerprint density at radius 3 is 2.29 bits per heavy atom. The molecule has 3 aliphatic heterocycles. The molecule has 0 unspecified atom stereocenters. The van der Waals surface area contributed by atoms with E-state index in [0.717, 1.165) is 38.2 Å². The Kier molecular flexibility index (Phi) is 14.0. The molecule has 11 nitrogen and oxygen atoms in total. The molecular formula is C30H50N2O9.